The van der Waals surface area contributed by atoms with Crippen LogP contribution in [0, 0.1) is 0 Å². The van der Waals surface area contributed by atoms with Crippen LogP contribution < -0.4 is 34.0 Å². The first kappa shape index (κ1) is 33.3. The van der Waals surface area contributed by atoms with Crippen LogP contribution in [0.15, 0.2) is 0 Å². The van der Waals surface area contributed by atoms with E-state index in [1.54, 1.807) is 0 Å². The summed E-state index contributed by atoms with van der Waals surface area (Å²) in [6.45, 7) is -0.817. The van der Waals surface area contributed by atoms with Crippen molar-refractivity contribution in [2.45, 2.75) is 111 Å². The van der Waals surface area contributed by atoms with Gasteiger partial charge in [0, 0.05) is 12.6 Å². The van der Waals surface area contributed by atoms with E-state index in [1.807, 2.05) is 0 Å². The van der Waals surface area contributed by atoms with Gasteiger partial charge in [0.25, 0.3) is 0 Å². The summed E-state index contributed by atoms with van der Waals surface area (Å²) in [5.74, 6) is -0.825. The van der Waals surface area contributed by atoms with E-state index in [9.17, 15) is 40.5 Å². The van der Waals surface area contributed by atoms with Crippen LogP contribution >= 0.6 is 0 Å². The van der Waals surface area contributed by atoms with Gasteiger partial charge in [0.1, 0.15) is 61.0 Å². The van der Waals surface area contributed by atoms with Crippen molar-refractivity contribution in [1.82, 2.24) is 5.32 Å². The molecule has 0 radical (unpaired) electrons. The normalized spacial score (nSPS) is 47.0. The number of aliphatic hydroxyl groups is 7. The van der Waals surface area contributed by atoms with Crippen molar-refractivity contribution in [3.63, 3.8) is 0 Å². The number of aliphatic hydroxyl groups excluding tert-OH is 7. The lowest BCUT2D eigenvalue weighted by atomic mass is 9.83. The molecule has 0 aromatic heterocycles. The summed E-state index contributed by atoms with van der Waals surface area (Å²) in [6, 6.07) is -4.61. The lowest BCUT2D eigenvalue weighted by Gasteiger charge is -2.49. The number of carbonyl (C=O) groups is 1. The van der Waals surface area contributed by atoms with Crippen molar-refractivity contribution >= 4 is 5.91 Å². The SMILES string of the molecule is NCC[C@H](O)C(=O)N[C@@H]1C[C@@H](N)[C@@H](O[C@H]2O[C@@H](CN)[C@@H](O)[C@H](O)[C@H]2N)[C@@H](O)[C@H]1O[C@H]1O[C@@H](CO)[C@@H](O)[C@H](N)[C@H]1O. The standard InChI is InChI=1S/C22H44N6O12/c23-2-1-8(30)20(36)28-7-3-6(25)18(39-21-12(27)15(33)14(32)9(4-24)37-21)17(35)19(7)40-22-16(34)11(26)13(31)10(5-29)38-22/h6-19,21-22,29-35H,1-5,23-27H2,(H,28,36)/t6-,7-,8+,9+,10+,11+,12-,13-,14-,15-,16-,17-,18-,19+,21-,22-/m1/s1. The zero-order valence-electron chi connectivity index (χ0n) is 21.8. The fourth-order valence-electron chi connectivity index (χ4n) is 5.11. The van der Waals surface area contributed by atoms with Crippen LogP contribution in [0.5, 0.6) is 0 Å². The molecule has 0 aromatic carbocycles. The second-order valence-corrected chi connectivity index (χ2v) is 10.4. The van der Waals surface area contributed by atoms with E-state index in [2.05, 4.69) is 5.32 Å². The van der Waals surface area contributed by atoms with Crippen molar-refractivity contribution < 1.29 is 59.5 Å². The maximum absolute atomic E-state index is 12.6. The molecule has 3 rings (SSSR count). The maximum atomic E-state index is 12.6. The average Bonchev–Trinajstić information content (AvgIpc) is 2.92. The molecular formula is C22H44N6O12. The molecule has 1 amide bonds. The van der Waals surface area contributed by atoms with Crippen molar-refractivity contribution in [3.8, 4) is 0 Å². The van der Waals surface area contributed by atoms with Crippen LogP contribution in [0.25, 0.3) is 0 Å². The summed E-state index contributed by atoms with van der Waals surface area (Å²) in [5, 5.41) is 74.8. The monoisotopic (exact) mass is 584 g/mol. The fraction of sp³-hybridized carbons (Fsp3) is 0.955. The average molecular weight is 585 g/mol. The Morgan fingerprint density at radius 3 is 2.08 bits per heavy atom. The van der Waals surface area contributed by atoms with Gasteiger partial charge in [-0.1, -0.05) is 0 Å². The summed E-state index contributed by atoms with van der Waals surface area (Å²) in [4.78, 5) is 12.6. The van der Waals surface area contributed by atoms with E-state index in [4.69, 9.17) is 47.6 Å². The van der Waals surface area contributed by atoms with Crippen LogP contribution in [0.1, 0.15) is 12.8 Å². The van der Waals surface area contributed by atoms with Crippen LogP contribution in [0.2, 0.25) is 0 Å². The molecule has 0 bridgehead atoms. The molecular weight excluding hydrogens is 540 g/mol. The highest BCUT2D eigenvalue weighted by Crippen LogP contribution is 2.31. The first-order valence-electron chi connectivity index (χ1n) is 13.1. The Labute approximate surface area is 230 Å². The predicted molar refractivity (Wildman–Crippen MR) is 133 cm³/mol. The largest absolute Gasteiger partial charge is 0.394 e. The number of hydrogen-bond donors (Lipinski definition) is 13. The molecule has 18 nitrogen and oxygen atoms in total. The Bertz CT molecular complexity index is 816. The number of nitrogens with two attached hydrogens (primary N) is 5. The van der Waals surface area contributed by atoms with E-state index in [0.717, 1.165) is 0 Å². The molecule has 0 unspecified atom stereocenters. The Morgan fingerprint density at radius 1 is 0.850 bits per heavy atom. The molecule has 40 heavy (non-hydrogen) atoms. The van der Waals surface area contributed by atoms with Crippen molar-refractivity contribution in [3.05, 3.63) is 0 Å². The van der Waals surface area contributed by atoms with Gasteiger partial charge in [-0.3, -0.25) is 4.79 Å². The summed E-state index contributed by atoms with van der Waals surface area (Å²) in [6.07, 6.45) is -17.1. The Kier molecular flexibility index (Phi) is 11.9. The van der Waals surface area contributed by atoms with E-state index >= 15 is 0 Å². The summed E-state index contributed by atoms with van der Waals surface area (Å²) < 4.78 is 22.8. The van der Waals surface area contributed by atoms with Gasteiger partial charge < -0.3 is 88.7 Å². The van der Waals surface area contributed by atoms with Gasteiger partial charge >= 0.3 is 0 Å². The number of hydrogen-bond acceptors (Lipinski definition) is 17. The predicted octanol–water partition coefficient (Wildman–Crippen LogP) is -8.46. The number of carbonyl (C=O) groups excluding carboxylic acids is 1. The first-order chi connectivity index (χ1) is 18.9. The lowest BCUT2D eigenvalue weighted by Crippen LogP contribution is -2.70. The highest BCUT2D eigenvalue weighted by Gasteiger charge is 2.52. The molecule has 2 saturated heterocycles. The fourth-order valence-corrected chi connectivity index (χ4v) is 5.11. The highest BCUT2D eigenvalue weighted by molar-refractivity contribution is 5.80. The molecule has 2 heterocycles. The van der Waals surface area contributed by atoms with Crippen LogP contribution in [0.3, 0.4) is 0 Å². The van der Waals surface area contributed by atoms with Gasteiger partial charge in [0.05, 0.1) is 24.7 Å². The number of nitrogens with one attached hydrogen (secondary N) is 1. The minimum Gasteiger partial charge on any atom is -0.394 e. The topological polar surface area (TPSA) is 338 Å². The number of rotatable bonds is 10. The molecule has 16 atom stereocenters. The van der Waals surface area contributed by atoms with Crippen molar-refractivity contribution in [2.24, 2.45) is 28.7 Å². The van der Waals surface area contributed by atoms with Crippen molar-refractivity contribution in [2.75, 3.05) is 19.7 Å². The van der Waals surface area contributed by atoms with Crippen LogP contribution in [0.4, 0.5) is 0 Å². The molecule has 3 aliphatic rings. The molecule has 234 valence electrons. The maximum Gasteiger partial charge on any atom is 0.249 e. The quantitative estimate of drug-likeness (QED) is 0.113. The van der Waals surface area contributed by atoms with Gasteiger partial charge in [-0.05, 0) is 19.4 Å². The molecule has 18 heteroatoms. The molecule has 1 saturated carbocycles. The second-order valence-electron chi connectivity index (χ2n) is 10.4. The first-order valence-corrected chi connectivity index (χ1v) is 13.1. The third-order valence-corrected chi connectivity index (χ3v) is 7.59. The molecule has 0 aromatic rings. The Morgan fingerprint density at radius 2 is 1.48 bits per heavy atom. The minimum absolute atomic E-state index is 0.0219. The van der Waals surface area contributed by atoms with Gasteiger partial charge in [-0.25, -0.2) is 0 Å². The lowest BCUT2D eigenvalue weighted by molar-refractivity contribution is -0.319. The van der Waals surface area contributed by atoms with Crippen molar-refractivity contribution in [1.29, 1.82) is 0 Å². The third kappa shape index (κ3) is 7.06. The number of amides is 1. The number of ether oxygens (including phenoxy) is 4. The summed E-state index contributed by atoms with van der Waals surface area (Å²) in [5.41, 5.74) is 29.2. The zero-order valence-corrected chi connectivity index (χ0v) is 21.8. The highest BCUT2D eigenvalue weighted by atomic mass is 16.7. The Balaban J connectivity index is 1.85. The Hall–Kier alpha value is -1.17. The molecule has 0 spiro atoms. The molecule has 3 fully saturated rings. The van der Waals surface area contributed by atoms with Gasteiger partial charge in [-0.2, -0.15) is 0 Å². The van der Waals surface area contributed by atoms with Crippen LogP contribution in [-0.4, -0.2) is 159 Å². The van der Waals surface area contributed by atoms with Gasteiger partial charge in [-0.15, -0.1) is 0 Å². The van der Waals surface area contributed by atoms with E-state index < -0.39 is 110 Å². The second kappa shape index (κ2) is 14.3. The van der Waals surface area contributed by atoms with Crippen LogP contribution in [-0.2, 0) is 23.7 Å². The van der Waals surface area contributed by atoms with Gasteiger partial charge in [0.15, 0.2) is 12.6 Å². The minimum atomic E-state index is -1.66. The zero-order chi connectivity index (χ0) is 29.9. The van der Waals surface area contributed by atoms with E-state index in [0.29, 0.717) is 0 Å². The summed E-state index contributed by atoms with van der Waals surface area (Å²) >= 11 is 0. The molecule has 18 N–H and O–H groups in total. The van der Waals surface area contributed by atoms with Gasteiger partial charge in [0.2, 0.25) is 5.91 Å². The summed E-state index contributed by atoms with van der Waals surface area (Å²) in [7, 11) is 0. The molecule has 2 aliphatic heterocycles. The smallest absolute Gasteiger partial charge is 0.249 e. The third-order valence-electron chi connectivity index (χ3n) is 7.59. The van der Waals surface area contributed by atoms with E-state index in [-0.39, 0.29) is 25.9 Å². The van der Waals surface area contributed by atoms with E-state index in [1.165, 1.54) is 0 Å². The molecule has 1 aliphatic carbocycles.